The van der Waals surface area contributed by atoms with Crippen molar-refractivity contribution < 1.29 is 14.3 Å². The van der Waals surface area contributed by atoms with Crippen LogP contribution < -0.4 is 0 Å². The number of ketones is 1. The average Bonchev–Trinajstić information content (AvgIpc) is 2.22. The maximum atomic E-state index is 11.9. The van der Waals surface area contributed by atoms with Gasteiger partial charge in [-0.2, -0.15) is 0 Å². The van der Waals surface area contributed by atoms with E-state index >= 15 is 0 Å². The third-order valence-electron chi connectivity index (χ3n) is 3.20. The fourth-order valence-corrected chi connectivity index (χ4v) is 2.33. The van der Waals surface area contributed by atoms with Gasteiger partial charge in [-0.1, -0.05) is 13.3 Å². The molecule has 3 heteroatoms. The smallest absolute Gasteiger partial charge is 0.312 e. The van der Waals surface area contributed by atoms with Crippen LogP contribution in [0.25, 0.3) is 0 Å². The van der Waals surface area contributed by atoms with Crippen molar-refractivity contribution in [3.05, 3.63) is 0 Å². The van der Waals surface area contributed by atoms with E-state index in [2.05, 4.69) is 6.92 Å². The number of esters is 1. The Hall–Kier alpha value is -0.860. The molecular weight excluding hydrogens is 192 g/mol. The number of hydrogen-bond donors (Lipinski definition) is 0. The summed E-state index contributed by atoms with van der Waals surface area (Å²) in [5.74, 6) is 0.186. The third-order valence-corrected chi connectivity index (χ3v) is 3.20. The summed E-state index contributed by atoms with van der Waals surface area (Å²) in [6, 6.07) is 0. The monoisotopic (exact) mass is 212 g/mol. The van der Waals surface area contributed by atoms with Crippen molar-refractivity contribution in [2.45, 2.75) is 52.4 Å². The van der Waals surface area contributed by atoms with Crippen LogP contribution in [0.1, 0.15) is 52.4 Å². The molecule has 15 heavy (non-hydrogen) atoms. The largest absolute Gasteiger partial charge is 0.466 e. The molecule has 1 saturated carbocycles. The molecule has 0 aromatic rings. The van der Waals surface area contributed by atoms with Crippen molar-refractivity contribution in [1.29, 1.82) is 0 Å². The minimum absolute atomic E-state index is 0.0978. The van der Waals surface area contributed by atoms with Crippen molar-refractivity contribution in [3.63, 3.8) is 0 Å². The van der Waals surface area contributed by atoms with Crippen molar-refractivity contribution in [2.24, 2.45) is 5.41 Å². The lowest BCUT2D eigenvalue weighted by atomic mass is 9.71. The number of rotatable bonds is 4. The minimum atomic E-state index is -0.362. The van der Waals surface area contributed by atoms with Gasteiger partial charge in [0, 0.05) is 12.8 Å². The lowest BCUT2D eigenvalue weighted by Gasteiger charge is -2.33. The summed E-state index contributed by atoms with van der Waals surface area (Å²) in [5.41, 5.74) is -0.362. The van der Waals surface area contributed by atoms with Crippen LogP contribution in [0, 0.1) is 5.41 Å². The van der Waals surface area contributed by atoms with E-state index in [-0.39, 0.29) is 17.2 Å². The number of ether oxygens (including phenoxy) is 1. The molecule has 0 aromatic carbocycles. The van der Waals surface area contributed by atoms with Gasteiger partial charge in [0.1, 0.15) is 5.78 Å². The van der Waals surface area contributed by atoms with Crippen molar-refractivity contribution in [1.82, 2.24) is 0 Å². The standard InChI is InChI=1S/C12H20O3/c1-3-7-12(11(14)15-4-2)8-5-10(13)6-9-12/h3-9H2,1-2H3. The van der Waals surface area contributed by atoms with Crippen molar-refractivity contribution in [3.8, 4) is 0 Å². The molecule has 1 aliphatic carbocycles. The summed E-state index contributed by atoms with van der Waals surface area (Å²) < 4.78 is 5.12. The van der Waals surface area contributed by atoms with Gasteiger partial charge < -0.3 is 4.74 Å². The highest BCUT2D eigenvalue weighted by atomic mass is 16.5. The Bertz CT molecular complexity index is 235. The second kappa shape index (κ2) is 5.29. The number of Topliss-reactive ketones (excluding diaryl/α,β-unsaturated/α-hetero) is 1. The Kier molecular flexibility index (Phi) is 4.30. The predicted octanol–water partition coefficient (Wildman–Crippen LogP) is 2.48. The van der Waals surface area contributed by atoms with Crippen LogP contribution >= 0.6 is 0 Å². The van der Waals surface area contributed by atoms with Crippen LogP contribution in [0.4, 0.5) is 0 Å². The number of carbonyl (C=O) groups excluding carboxylic acids is 2. The lowest BCUT2D eigenvalue weighted by Crippen LogP contribution is -2.37. The van der Waals surface area contributed by atoms with Gasteiger partial charge in [0.2, 0.25) is 0 Å². The fourth-order valence-electron chi connectivity index (χ4n) is 2.33. The van der Waals surface area contributed by atoms with Crippen LogP contribution in [0.2, 0.25) is 0 Å². The van der Waals surface area contributed by atoms with E-state index in [1.165, 1.54) is 0 Å². The first-order chi connectivity index (χ1) is 7.14. The van der Waals surface area contributed by atoms with Gasteiger partial charge in [0.15, 0.2) is 0 Å². The molecule has 0 saturated heterocycles. The molecule has 1 fully saturated rings. The van der Waals surface area contributed by atoms with Gasteiger partial charge in [0.25, 0.3) is 0 Å². The van der Waals surface area contributed by atoms with Crippen LogP contribution in [-0.2, 0) is 14.3 Å². The Morgan fingerprint density at radius 1 is 1.33 bits per heavy atom. The molecule has 86 valence electrons. The van der Waals surface area contributed by atoms with Crippen LogP contribution in [0.3, 0.4) is 0 Å². The maximum Gasteiger partial charge on any atom is 0.312 e. The maximum absolute atomic E-state index is 11.9. The summed E-state index contributed by atoms with van der Waals surface area (Å²) in [6.45, 7) is 4.32. The van der Waals surface area contributed by atoms with Crippen LogP contribution in [-0.4, -0.2) is 18.4 Å². The average molecular weight is 212 g/mol. The molecule has 0 unspecified atom stereocenters. The van der Waals surface area contributed by atoms with E-state index < -0.39 is 0 Å². The molecule has 0 heterocycles. The summed E-state index contributed by atoms with van der Waals surface area (Å²) in [7, 11) is 0. The predicted molar refractivity (Wildman–Crippen MR) is 57.4 cm³/mol. The quantitative estimate of drug-likeness (QED) is 0.672. The molecule has 3 nitrogen and oxygen atoms in total. The number of hydrogen-bond acceptors (Lipinski definition) is 3. The highest BCUT2D eigenvalue weighted by Gasteiger charge is 2.41. The first-order valence-corrected chi connectivity index (χ1v) is 5.83. The normalized spacial score (nSPS) is 20.0. The fraction of sp³-hybridized carbons (Fsp3) is 0.833. The summed E-state index contributed by atoms with van der Waals surface area (Å²) in [6.07, 6.45) is 4.25. The van der Waals surface area contributed by atoms with Crippen molar-refractivity contribution in [2.75, 3.05) is 6.61 Å². The van der Waals surface area contributed by atoms with E-state index in [0.717, 1.165) is 12.8 Å². The van der Waals surface area contributed by atoms with Crippen LogP contribution in [0.5, 0.6) is 0 Å². The zero-order valence-electron chi connectivity index (χ0n) is 9.67. The van der Waals surface area contributed by atoms with Crippen molar-refractivity contribution >= 4 is 11.8 Å². The first kappa shape index (κ1) is 12.2. The highest BCUT2D eigenvalue weighted by molar-refractivity contribution is 5.84. The van der Waals surface area contributed by atoms with E-state index in [0.29, 0.717) is 32.3 Å². The molecule has 0 aliphatic heterocycles. The molecule has 1 aliphatic rings. The van der Waals surface area contributed by atoms with Gasteiger partial charge >= 0.3 is 5.97 Å². The Morgan fingerprint density at radius 3 is 2.40 bits per heavy atom. The Labute approximate surface area is 91.2 Å². The summed E-state index contributed by atoms with van der Waals surface area (Å²) in [4.78, 5) is 23.1. The zero-order chi connectivity index (χ0) is 11.3. The molecule has 0 atom stereocenters. The second-order valence-electron chi connectivity index (χ2n) is 4.29. The van der Waals surface area contributed by atoms with E-state index in [1.807, 2.05) is 6.92 Å². The molecule has 0 aromatic heterocycles. The minimum Gasteiger partial charge on any atom is -0.466 e. The topological polar surface area (TPSA) is 43.4 Å². The highest BCUT2D eigenvalue weighted by Crippen LogP contribution is 2.40. The molecule has 0 radical (unpaired) electrons. The zero-order valence-corrected chi connectivity index (χ0v) is 9.67. The van der Waals surface area contributed by atoms with E-state index in [9.17, 15) is 9.59 Å². The van der Waals surface area contributed by atoms with Gasteiger partial charge in [-0.15, -0.1) is 0 Å². The molecule has 0 N–H and O–H groups in total. The van der Waals surface area contributed by atoms with Gasteiger partial charge in [-0.25, -0.2) is 0 Å². The Balaban J connectivity index is 2.69. The molecule has 1 rings (SSSR count). The van der Waals surface area contributed by atoms with Gasteiger partial charge in [-0.05, 0) is 26.2 Å². The lowest BCUT2D eigenvalue weighted by molar-refractivity contribution is -0.158. The first-order valence-electron chi connectivity index (χ1n) is 5.83. The molecule has 0 spiro atoms. The number of carbonyl (C=O) groups is 2. The SMILES string of the molecule is CCCC1(C(=O)OCC)CCC(=O)CC1. The van der Waals surface area contributed by atoms with E-state index in [1.54, 1.807) is 0 Å². The third kappa shape index (κ3) is 2.80. The van der Waals surface area contributed by atoms with E-state index in [4.69, 9.17) is 4.74 Å². The molecule has 0 amide bonds. The van der Waals surface area contributed by atoms with Crippen LogP contribution in [0.15, 0.2) is 0 Å². The van der Waals surface area contributed by atoms with Gasteiger partial charge in [0.05, 0.1) is 12.0 Å². The Morgan fingerprint density at radius 2 is 1.93 bits per heavy atom. The molecular formula is C12H20O3. The summed E-state index contributed by atoms with van der Waals surface area (Å²) >= 11 is 0. The summed E-state index contributed by atoms with van der Waals surface area (Å²) in [5, 5.41) is 0. The van der Waals surface area contributed by atoms with Gasteiger partial charge in [-0.3, -0.25) is 9.59 Å². The second-order valence-corrected chi connectivity index (χ2v) is 4.29. The molecule has 0 bridgehead atoms.